The van der Waals surface area contributed by atoms with Crippen molar-refractivity contribution in [3.05, 3.63) is 41.2 Å². The molecule has 0 unspecified atom stereocenters. The summed E-state index contributed by atoms with van der Waals surface area (Å²) in [6, 6.07) is 6.74. The molecule has 0 spiro atoms. The molecule has 1 heterocycles. The smallest absolute Gasteiger partial charge is 0.243 e. The second-order valence-electron chi connectivity index (χ2n) is 5.81. The van der Waals surface area contributed by atoms with E-state index in [1.54, 1.807) is 19.1 Å². The van der Waals surface area contributed by atoms with Crippen LogP contribution in [0.1, 0.15) is 43.6 Å². The lowest BCUT2D eigenvalue weighted by Gasteiger charge is -2.09. The maximum Gasteiger partial charge on any atom is 0.243 e. The van der Waals surface area contributed by atoms with E-state index in [0.29, 0.717) is 29.3 Å². The number of aryl methyl sites for hydroxylation is 2. The van der Waals surface area contributed by atoms with E-state index in [1.807, 2.05) is 26.8 Å². The Bertz CT molecular complexity index is 782. The highest BCUT2D eigenvalue weighted by molar-refractivity contribution is 6.03. The summed E-state index contributed by atoms with van der Waals surface area (Å²) in [7, 11) is 0. The maximum atomic E-state index is 11.7. The number of rotatable bonds is 6. The number of nitrogens with one attached hydrogen (secondary N) is 2. The number of hydrazone groups is 1. The molecule has 0 aliphatic rings. The number of aromatic nitrogens is 2. The molecule has 0 bridgehead atoms. The van der Waals surface area contributed by atoms with Gasteiger partial charge in [-0.1, -0.05) is 6.92 Å². The first kappa shape index (κ1) is 18.4. The molecule has 1 aromatic heterocycles. The van der Waals surface area contributed by atoms with Crippen LogP contribution in [0.15, 0.2) is 29.4 Å². The summed E-state index contributed by atoms with van der Waals surface area (Å²) in [5.74, 6) is 0.414. The highest BCUT2D eigenvalue weighted by atomic mass is 16.3. The van der Waals surface area contributed by atoms with Crippen LogP contribution < -0.4 is 10.7 Å². The molecule has 0 aliphatic heterocycles. The lowest BCUT2D eigenvalue weighted by molar-refractivity contribution is -0.116. The first-order valence-electron chi connectivity index (χ1n) is 8.15. The van der Waals surface area contributed by atoms with Gasteiger partial charge in [-0.2, -0.15) is 5.10 Å². The molecule has 132 valence electrons. The summed E-state index contributed by atoms with van der Waals surface area (Å²) in [5.41, 5.74) is 6.16. The molecule has 0 atom stereocenters. The van der Waals surface area contributed by atoms with Gasteiger partial charge in [-0.15, -0.1) is 0 Å². The molecule has 2 rings (SSSR count). The summed E-state index contributed by atoms with van der Waals surface area (Å²) in [6.07, 6.45) is 1.23. The van der Waals surface area contributed by atoms with Crippen LogP contribution in [0, 0.1) is 13.8 Å². The van der Waals surface area contributed by atoms with Gasteiger partial charge < -0.3 is 10.4 Å². The second kappa shape index (κ2) is 8.23. The minimum atomic E-state index is -0.0597. The van der Waals surface area contributed by atoms with Crippen LogP contribution in [0.5, 0.6) is 5.75 Å². The monoisotopic (exact) mass is 341 g/mol. The Labute approximate surface area is 147 Å². The molecule has 7 nitrogen and oxygen atoms in total. The SMILES string of the molecule is CCCC(=O)Nc1ccc(O)c(/C(C)=N/Nc2nc(C)cc(C)n2)c1. The van der Waals surface area contributed by atoms with Gasteiger partial charge in [0.2, 0.25) is 11.9 Å². The molecular formula is C18H23N5O2. The quantitative estimate of drug-likeness (QED) is 0.425. The molecule has 1 amide bonds. The van der Waals surface area contributed by atoms with Crippen molar-refractivity contribution in [3.63, 3.8) is 0 Å². The van der Waals surface area contributed by atoms with Crippen LogP contribution in [-0.2, 0) is 4.79 Å². The molecule has 25 heavy (non-hydrogen) atoms. The Kier molecular flexibility index (Phi) is 6.05. The van der Waals surface area contributed by atoms with Gasteiger partial charge in [0, 0.05) is 29.1 Å². The number of phenols is 1. The van der Waals surface area contributed by atoms with E-state index in [9.17, 15) is 9.90 Å². The van der Waals surface area contributed by atoms with Crippen LogP contribution in [0.4, 0.5) is 11.6 Å². The van der Waals surface area contributed by atoms with Gasteiger partial charge in [0.1, 0.15) is 5.75 Å². The third kappa shape index (κ3) is 5.27. The topological polar surface area (TPSA) is 99.5 Å². The van der Waals surface area contributed by atoms with E-state index in [-0.39, 0.29) is 11.7 Å². The number of nitrogens with zero attached hydrogens (tertiary/aromatic N) is 3. The zero-order valence-electron chi connectivity index (χ0n) is 14.9. The van der Waals surface area contributed by atoms with E-state index in [1.165, 1.54) is 6.07 Å². The van der Waals surface area contributed by atoms with Crippen LogP contribution in [0.3, 0.4) is 0 Å². The lowest BCUT2D eigenvalue weighted by Crippen LogP contribution is -2.11. The predicted octanol–water partition coefficient (Wildman–Crippen LogP) is 3.37. The fraction of sp³-hybridized carbons (Fsp3) is 0.333. The van der Waals surface area contributed by atoms with Crippen molar-refractivity contribution in [2.45, 2.75) is 40.5 Å². The van der Waals surface area contributed by atoms with E-state index in [2.05, 4.69) is 25.8 Å². The van der Waals surface area contributed by atoms with Crippen molar-refractivity contribution in [3.8, 4) is 5.75 Å². The normalized spacial score (nSPS) is 11.3. The number of benzene rings is 1. The zero-order valence-corrected chi connectivity index (χ0v) is 14.9. The van der Waals surface area contributed by atoms with Crippen LogP contribution in [-0.4, -0.2) is 26.7 Å². The van der Waals surface area contributed by atoms with Crippen molar-refractivity contribution >= 4 is 23.3 Å². The molecule has 0 radical (unpaired) electrons. The third-order valence-electron chi connectivity index (χ3n) is 3.45. The number of carbonyl (C=O) groups is 1. The Morgan fingerprint density at radius 3 is 2.52 bits per heavy atom. The minimum Gasteiger partial charge on any atom is -0.507 e. The maximum absolute atomic E-state index is 11.7. The molecule has 3 N–H and O–H groups in total. The van der Waals surface area contributed by atoms with Gasteiger partial charge in [0.05, 0.1) is 5.71 Å². The molecule has 2 aromatic rings. The summed E-state index contributed by atoms with van der Waals surface area (Å²) < 4.78 is 0. The highest BCUT2D eigenvalue weighted by Crippen LogP contribution is 2.22. The van der Waals surface area contributed by atoms with Crippen LogP contribution in [0.25, 0.3) is 0 Å². The van der Waals surface area contributed by atoms with Crippen molar-refractivity contribution in [1.29, 1.82) is 0 Å². The summed E-state index contributed by atoms with van der Waals surface area (Å²) in [4.78, 5) is 20.2. The number of carbonyl (C=O) groups excluding carboxylic acids is 1. The van der Waals surface area contributed by atoms with Crippen LogP contribution in [0.2, 0.25) is 0 Å². The third-order valence-corrected chi connectivity index (χ3v) is 3.45. The van der Waals surface area contributed by atoms with Crippen molar-refractivity contribution in [1.82, 2.24) is 9.97 Å². The number of anilines is 2. The number of aromatic hydroxyl groups is 1. The highest BCUT2D eigenvalue weighted by Gasteiger charge is 2.09. The minimum absolute atomic E-state index is 0.0597. The Balaban J connectivity index is 2.19. The largest absolute Gasteiger partial charge is 0.507 e. The van der Waals surface area contributed by atoms with Gasteiger partial charge >= 0.3 is 0 Å². The fourth-order valence-electron chi connectivity index (χ4n) is 2.32. The van der Waals surface area contributed by atoms with Crippen LogP contribution >= 0.6 is 0 Å². The zero-order chi connectivity index (χ0) is 18.4. The number of phenolic OH excluding ortho intramolecular Hbond substituents is 1. The number of hydrogen-bond donors (Lipinski definition) is 3. The molecular weight excluding hydrogens is 318 g/mol. The molecule has 0 fully saturated rings. The summed E-state index contributed by atoms with van der Waals surface area (Å²) in [5, 5.41) is 17.1. The Hall–Kier alpha value is -2.96. The first-order valence-corrected chi connectivity index (χ1v) is 8.15. The standard InChI is InChI=1S/C18H23N5O2/c1-5-6-17(25)21-14-7-8-16(24)15(10-14)13(4)22-23-18-19-11(2)9-12(3)20-18/h7-10,24H,5-6H2,1-4H3,(H,21,25)(H,19,20,23)/b22-13+. The average Bonchev–Trinajstić information content (AvgIpc) is 2.54. The van der Waals surface area contributed by atoms with Crippen molar-refractivity contribution < 1.29 is 9.90 Å². The second-order valence-corrected chi connectivity index (χ2v) is 5.81. The van der Waals surface area contributed by atoms with Gasteiger partial charge in [-0.25, -0.2) is 15.4 Å². The Morgan fingerprint density at radius 1 is 1.20 bits per heavy atom. The van der Waals surface area contributed by atoms with Crippen molar-refractivity contribution in [2.24, 2.45) is 5.10 Å². The van der Waals surface area contributed by atoms with E-state index >= 15 is 0 Å². The number of hydrogen-bond acceptors (Lipinski definition) is 6. The lowest BCUT2D eigenvalue weighted by atomic mass is 10.1. The van der Waals surface area contributed by atoms with Gasteiger partial charge in [0.15, 0.2) is 0 Å². The molecule has 1 aromatic carbocycles. The molecule has 0 aliphatic carbocycles. The van der Waals surface area contributed by atoms with Gasteiger partial charge in [-0.3, -0.25) is 4.79 Å². The Morgan fingerprint density at radius 2 is 1.88 bits per heavy atom. The summed E-state index contributed by atoms with van der Waals surface area (Å²) >= 11 is 0. The van der Waals surface area contributed by atoms with Gasteiger partial charge in [0.25, 0.3) is 0 Å². The first-order chi connectivity index (χ1) is 11.9. The predicted molar refractivity (Wildman–Crippen MR) is 99.0 cm³/mol. The van der Waals surface area contributed by atoms with Crippen molar-refractivity contribution in [2.75, 3.05) is 10.7 Å². The fourth-order valence-corrected chi connectivity index (χ4v) is 2.32. The summed E-state index contributed by atoms with van der Waals surface area (Å²) in [6.45, 7) is 7.46. The molecule has 0 saturated carbocycles. The number of amides is 1. The average molecular weight is 341 g/mol. The van der Waals surface area contributed by atoms with Gasteiger partial charge in [-0.05, 0) is 51.5 Å². The van der Waals surface area contributed by atoms with E-state index in [4.69, 9.17) is 0 Å². The van der Waals surface area contributed by atoms with E-state index < -0.39 is 0 Å². The molecule has 0 saturated heterocycles. The molecule has 7 heteroatoms. The van der Waals surface area contributed by atoms with E-state index in [0.717, 1.165) is 17.8 Å².